The van der Waals surface area contributed by atoms with Crippen LogP contribution in [0.2, 0.25) is 5.02 Å². The van der Waals surface area contributed by atoms with Crippen molar-refractivity contribution in [3.8, 4) is 5.75 Å². The highest BCUT2D eigenvalue weighted by Gasteiger charge is 2.20. The van der Waals surface area contributed by atoms with Gasteiger partial charge in [0.05, 0.1) is 18.4 Å². The van der Waals surface area contributed by atoms with Gasteiger partial charge in [0.25, 0.3) is 5.91 Å². The van der Waals surface area contributed by atoms with Crippen molar-refractivity contribution in [3.63, 3.8) is 0 Å². The van der Waals surface area contributed by atoms with E-state index in [0.29, 0.717) is 28.3 Å². The van der Waals surface area contributed by atoms with Crippen molar-refractivity contribution in [1.82, 2.24) is 9.99 Å². The number of aryl methyl sites for hydroxylation is 1. The number of halogens is 1. The first kappa shape index (κ1) is 21.4. The zero-order valence-electron chi connectivity index (χ0n) is 16.9. The fourth-order valence-electron chi connectivity index (χ4n) is 3.05. The van der Waals surface area contributed by atoms with Crippen molar-refractivity contribution < 1.29 is 19.1 Å². The van der Waals surface area contributed by atoms with Crippen LogP contribution in [0.4, 0.5) is 0 Å². The van der Waals surface area contributed by atoms with Gasteiger partial charge in [-0.3, -0.25) is 4.79 Å². The maximum absolute atomic E-state index is 12.4. The molecule has 0 aliphatic rings. The third kappa shape index (κ3) is 4.80. The van der Waals surface area contributed by atoms with E-state index in [0.717, 1.165) is 16.8 Å². The predicted molar refractivity (Wildman–Crippen MR) is 116 cm³/mol. The number of nitrogens with zero attached hydrogens (tertiary/aromatic N) is 2. The van der Waals surface area contributed by atoms with Gasteiger partial charge in [-0.1, -0.05) is 23.7 Å². The fourth-order valence-corrected chi connectivity index (χ4v) is 3.25. The molecule has 0 fully saturated rings. The van der Waals surface area contributed by atoms with Crippen molar-refractivity contribution in [2.45, 2.75) is 13.8 Å². The molecule has 0 aliphatic carbocycles. The van der Waals surface area contributed by atoms with Crippen LogP contribution < -0.4 is 10.2 Å². The summed E-state index contributed by atoms with van der Waals surface area (Å²) in [5, 5.41) is 5.19. The molecule has 3 aromatic rings. The lowest BCUT2D eigenvalue weighted by Gasteiger charge is -2.06. The van der Waals surface area contributed by atoms with Crippen molar-refractivity contribution in [2.75, 3.05) is 13.2 Å². The Morgan fingerprint density at radius 3 is 2.77 bits per heavy atom. The molecule has 7 nitrogen and oxygen atoms in total. The van der Waals surface area contributed by atoms with Crippen LogP contribution in [0.25, 0.3) is 10.9 Å². The highest BCUT2D eigenvalue weighted by Crippen LogP contribution is 2.29. The molecule has 2 aromatic carbocycles. The van der Waals surface area contributed by atoms with Gasteiger partial charge in [0, 0.05) is 28.7 Å². The van der Waals surface area contributed by atoms with Crippen LogP contribution in [0.1, 0.15) is 28.5 Å². The van der Waals surface area contributed by atoms with Crippen LogP contribution in [0, 0.1) is 6.92 Å². The van der Waals surface area contributed by atoms with E-state index in [4.69, 9.17) is 21.1 Å². The minimum atomic E-state index is -0.414. The lowest BCUT2D eigenvalue weighted by atomic mass is 10.1. The fraction of sp³-hybridized carbons (Fsp3) is 0.227. The summed E-state index contributed by atoms with van der Waals surface area (Å²) >= 11 is 5.91. The molecule has 156 valence electrons. The summed E-state index contributed by atoms with van der Waals surface area (Å²) in [4.78, 5) is 24.4. The van der Waals surface area contributed by atoms with E-state index in [1.807, 2.05) is 30.7 Å². The van der Waals surface area contributed by atoms with Crippen LogP contribution in [-0.4, -0.2) is 35.9 Å². The van der Waals surface area contributed by atoms with Crippen LogP contribution in [-0.2, 0) is 16.6 Å². The number of carbonyl (C=O) groups is 2. The summed E-state index contributed by atoms with van der Waals surface area (Å²) in [5.74, 6) is -0.332. The third-order valence-electron chi connectivity index (χ3n) is 4.56. The van der Waals surface area contributed by atoms with Gasteiger partial charge in [-0.05, 0) is 49.7 Å². The quantitative estimate of drug-likeness (QED) is 0.353. The Morgan fingerprint density at radius 2 is 2.03 bits per heavy atom. The molecule has 30 heavy (non-hydrogen) atoms. The maximum Gasteiger partial charge on any atom is 0.340 e. The van der Waals surface area contributed by atoms with Crippen LogP contribution in [0.3, 0.4) is 0 Å². The Hall–Kier alpha value is -3.32. The number of ether oxygens (including phenoxy) is 2. The third-order valence-corrected chi connectivity index (χ3v) is 4.80. The van der Waals surface area contributed by atoms with Gasteiger partial charge in [-0.25, -0.2) is 10.2 Å². The van der Waals surface area contributed by atoms with Crippen LogP contribution in [0.15, 0.2) is 47.6 Å². The van der Waals surface area contributed by atoms with Crippen molar-refractivity contribution in [2.24, 2.45) is 12.1 Å². The molecule has 1 N–H and O–H groups in total. The second kappa shape index (κ2) is 9.45. The molecule has 3 rings (SSSR count). The minimum absolute atomic E-state index is 0.223. The van der Waals surface area contributed by atoms with Gasteiger partial charge in [0.15, 0.2) is 6.61 Å². The molecule has 1 heterocycles. The lowest BCUT2D eigenvalue weighted by Crippen LogP contribution is -2.24. The molecular weight excluding hydrogens is 406 g/mol. The van der Waals surface area contributed by atoms with Gasteiger partial charge < -0.3 is 14.0 Å². The van der Waals surface area contributed by atoms with Crippen molar-refractivity contribution in [1.29, 1.82) is 0 Å². The Morgan fingerprint density at radius 1 is 1.23 bits per heavy atom. The van der Waals surface area contributed by atoms with E-state index in [9.17, 15) is 9.59 Å². The largest absolute Gasteiger partial charge is 0.484 e. The molecule has 1 aromatic heterocycles. The Bertz CT molecular complexity index is 1120. The van der Waals surface area contributed by atoms with E-state index in [1.165, 1.54) is 6.21 Å². The molecule has 0 radical (unpaired) electrons. The summed E-state index contributed by atoms with van der Waals surface area (Å²) in [5.41, 5.74) is 5.33. The standard InChI is InChI=1S/C22H22ClN3O4/c1-4-29-22(28)21-14(2)26(3)19-9-8-17(11-18(19)21)30-13-20(27)25-24-12-15-6-5-7-16(23)10-15/h5-12H,4,13H2,1-3H3,(H,25,27)/b24-12-. The first-order valence-electron chi connectivity index (χ1n) is 9.37. The Kier molecular flexibility index (Phi) is 6.74. The average Bonchev–Trinajstić information content (AvgIpc) is 2.96. The second-order valence-corrected chi connectivity index (χ2v) is 6.99. The molecule has 8 heteroatoms. The predicted octanol–water partition coefficient (Wildman–Crippen LogP) is 3.85. The number of aromatic nitrogens is 1. The molecule has 1 amide bonds. The molecule has 0 unspecified atom stereocenters. The highest BCUT2D eigenvalue weighted by atomic mass is 35.5. The monoisotopic (exact) mass is 427 g/mol. The number of hydrogen-bond donors (Lipinski definition) is 1. The van der Waals surface area contributed by atoms with Crippen molar-refractivity contribution >= 4 is 40.6 Å². The molecule has 0 saturated carbocycles. The van der Waals surface area contributed by atoms with E-state index in [1.54, 1.807) is 37.3 Å². The SMILES string of the molecule is CCOC(=O)c1c(C)n(C)c2ccc(OCC(=O)N/N=C\c3cccc(Cl)c3)cc12. The Labute approximate surface area is 179 Å². The van der Waals surface area contributed by atoms with E-state index >= 15 is 0 Å². The molecule has 0 bridgehead atoms. The summed E-state index contributed by atoms with van der Waals surface area (Å²) in [6.07, 6.45) is 1.49. The van der Waals surface area contributed by atoms with E-state index < -0.39 is 5.91 Å². The zero-order valence-corrected chi connectivity index (χ0v) is 17.7. The van der Waals surface area contributed by atoms with Gasteiger partial charge in [-0.15, -0.1) is 0 Å². The number of fused-ring (bicyclic) bond motifs is 1. The lowest BCUT2D eigenvalue weighted by molar-refractivity contribution is -0.123. The number of benzene rings is 2. The second-order valence-electron chi connectivity index (χ2n) is 6.56. The summed E-state index contributed by atoms with van der Waals surface area (Å²) in [7, 11) is 1.88. The molecule has 0 saturated heterocycles. The van der Waals surface area contributed by atoms with Gasteiger partial charge in [0.2, 0.25) is 0 Å². The average molecular weight is 428 g/mol. The topological polar surface area (TPSA) is 81.9 Å². The first-order chi connectivity index (χ1) is 14.4. The highest BCUT2D eigenvalue weighted by molar-refractivity contribution is 6.30. The molecular formula is C22H22ClN3O4. The summed E-state index contributed by atoms with van der Waals surface area (Å²) in [6.45, 7) is 3.69. The van der Waals surface area contributed by atoms with Gasteiger partial charge >= 0.3 is 5.97 Å². The number of rotatable bonds is 7. The number of amides is 1. The Balaban J connectivity index is 1.68. The maximum atomic E-state index is 12.4. The van der Waals surface area contributed by atoms with Gasteiger partial charge in [-0.2, -0.15) is 5.10 Å². The summed E-state index contributed by atoms with van der Waals surface area (Å²) < 4.78 is 12.7. The smallest absolute Gasteiger partial charge is 0.340 e. The number of esters is 1. The molecule has 0 atom stereocenters. The number of hydrazone groups is 1. The minimum Gasteiger partial charge on any atom is -0.484 e. The molecule has 0 aliphatic heterocycles. The molecule has 0 spiro atoms. The van der Waals surface area contributed by atoms with Gasteiger partial charge in [0.1, 0.15) is 5.75 Å². The van der Waals surface area contributed by atoms with Crippen LogP contribution >= 0.6 is 11.6 Å². The van der Waals surface area contributed by atoms with E-state index in [-0.39, 0.29) is 12.6 Å². The first-order valence-corrected chi connectivity index (χ1v) is 9.75. The van der Waals surface area contributed by atoms with E-state index in [2.05, 4.69) is 10.5 Å². The number of hydrogen-bond acceptors (Lipinski definition) is 5. The number of carbonyl (C=O) groups excluding carboxylic acids is 2. The number of nitrogens with one attached hydrogen (secondary N) is 1. The zero-order chi connectivity index (χ0) is 21.7. The van der Waals surface area contributed by atoms with Crippen LogP contribution in [0.5, 0.6) is 5.75 Å². The summed E-state index contributed by atoms with van der Waals surface area (Å²) in [6, 6.07) is 12.4. The van der Waals surface area contributed by atoms with Crippen molar-refractivity contribution in [3.05, 3.63) is 64.3 Å². The normalized spacial score (nSPS) is 11.1.